The lowest BCUT2D eigenvalue weighted by atomic mass is 10.1. The Morgan fingerprint density at radius 3 is 3.00 bits per heavy atom. The van der Waals surface area contributed by atoms with Crippen molar-refractivity contribution in [2.24, 2.45) is 13.0 Å². The van der Waals surface area contributed by atoms with Crippen molar-refractivity contribution in [1.82, 2.24) is 20.1 Å². The summed E-state index contributed by atoms with van der Waals surface area (Å²) in [6.07, 6.45) is 1.06. The first-order chi connectivity index (χ1) is 12.0. The number of aromatic nitrogens is 3. The highest BCUT2D eigenvalue weighted by molar-refractivity contribution is 9.10. The van der Waals surface area contributed by atoms with Crippen molar-refractivity contribution >= 4 is 45.6 Å². The number of H-pyrrole nitrogens is 1. The summed E-state index contributed by atoms with van der Waals surface area (Å²) in [6.45, 7) is 0.952. The number of aromatic amines is 1. The minimum Gasteiger partial charge on any atom is -0.355 e. The maximum Gasteiger partial charge on any atom is 0.239 e. The van der Waals surface area contributed by atoms with E-state index in [2.05, 4.69) is 31.4 Å². The van der Waals surface area contributed by atoms with Crippen LogP contribution in [0.1, 0.15) is 12.2 Å². The van der Waals surface area contributed by atoms with Gasteiger partial charge in [-0.05, 0) is 36.8 Å². The van der Waals surface area contributed by atoms with Gasteiger partial charge in [-0.1, -0.05) is 22.0 Å². The number of halogens is 1. The fourth-order valence-corrected chi connectivity index (χ4v) is 3.39. The van der Waals surface area contributed by atoms with Crippen LogP contribution in [-0.4, -0.2) is 39.7 Å². The zero-order valence-corrected chi connectivity index (χ0v) is 16.1. The second-order valence-electron chi connectivity index (χ2n) is 5.86. The predicted molar refractivity (Wildman–Crippen MR) is 99.7 cm³/mol. The number of nitrogens with zero attached hydrogens (tertiary/aromatic N) is 3. The number of nitrogens with one attached hydrogen (secondary N) is 2. The fourth-order valence-electron chi connectivity index (χ4n) is 2.85. The predicted octanol–water partition coefficient (Wildman–Crippen LogP) is 1.95. The van der Waals surface area contributed by atoms with E-state index in [1.54, 1.807) is 9.47 Å². The van der Waals surface area contributed by atoms with Crippen molar-refractivity contribution in [1.29, 1.82) is 0 Å². The van der Waals surface area contributed by atoms with Gasteiger partial charge in [-0.15, -0.1) is 0 Å². The zero-order chi connectivity index (χ0) is 18.0. The van der Waals surface area contributed by atoms with Crippen molar-refractivity contribution < 1.29 is 9.59 Å². The lowest BCUT2D eigenvalue weighted by molar-refractivity contribution is -0.132. The highest BCUT2D eigenvalue weighted by Gasteiger charge is 2.37. The molecular weight excluding hydrogens is 406 g/mol. The highest BCUT2D eigenvalue weighted by Crippen LogP contribution is 2.27. The van der Waals surface area contributed by atoms with E-state index in [9.17, 15) is 9.59 Å². The van der Waals surface area contributed by atoms with Crippen LogP contribution in [0.4, 0.5) is 5.69 Å². The molecule has 1 aliphatic heterocycles. The summed E-state index contributed by atoms with van der Waals surface area (Å²) in [5, 5.41) is 9.63. The van der Waals surface area contributed by atoms with Crippen molar-refractivity contribution in [3.63, 3.8) is 0 Å². The van der Waals surface area contributed by atoms with E-state index in [0.29, 0.717) is 30.7 Å². The Morgan fingerprint density at radius 2 is 2.32 bits per heavy atom. The van der Waals surface area contributed by atoms with Crippen LogP contribution in [0.5, 0.6) is 0 Å². The smallest absolute Gasteiger partial charge is 0.239 e. The van der Waals surface area contributed by atoms with Gasteiger partial charge in [0.25, 0.3) is 0 Å². The molecule has 1 unspecified atom stereocenters. The van der Waals surface area contributed by atoms with Gasteiger partial charge in [0.15, 0.2) is 4.77 Å². The quantitative estimate of drug-likeness (QED) is 0.568. The number of amides is 2. The minimum absolute atomic E-state index is 0.159. The molecule has 1 saturated heterocycles. The molecule has 0 radical (unpaired) electrons. The molecule has 7 nitrogen and oxygen atoms in total. The molecular formula is C16H18BrN5O2S. The Labute approximate surface area is 158 Å². The molecule has 0 bridgehead atoms. The molecule has 2 N–H and O–H groups in total. The minimum atomic E-state index is -0.638. The second-order valence-corrected chi connectivity index (χ2v) is 7.16. The van der Waals surface area contributed by atoms with Crippen LogP contribution in [-0.2, 0) is 23.1 Å². The average Bonchev–Trinajstić information content (AvgIpc) is 3.12. The Kier molecular flexibility index (Phi) is 5.33. The molecule has 0 saturated carbocycles. The first-order valence-corrected chi connectivity index (χ1v) is 9.12. The maximum atomic E-state index is 12.6. The summed E-state index contributed by atoms with van der Waals surface area (Å²) in [4.78, 5) is 26.6. The third-order valence-corrected chi connectivity index (χ3v) is 5.12. The Bertz CT molecular complexity index is 862. The van der Waals surface area contributed by atoms with E-state index in [1.807, 2.05) is 31.3 Å². The molecule has 132 valence electrons. The molecule has 0 spiro atoms. The topological polar surface area (TPSA) is 83.0 Å². The first kappa shape index (κ1) is 17.8. The molecule has 1 aromatic carbocycles. The van der Waals surface area contributed by atoms with Crippen molar-refractivity contribution in [3.8, 4) is 0 Å². The van der Waals surface area contributed by atoms with Gasteiger partial charge >= 0.3 is 0 Å². The molecule has 1 fully saturated rings. The highest BCUT2D eigenvalue weighted by atomic mass is 79.9. The summed E-state index contributed by atoms with van der Waals surface area (Å²) in [5.74, 6) is -0.270. The largest absolute Gasteiger partial charge is 0.355 e. The van der Waals surface area contributed by atoms with E-state index < -0.39 is 5.92 Å². The van der Waals surface area contributed by atoms with Crippen LogP contribution in [0.3, 0.4) is 0 Å². The van der Waals surface area contributed by atoms with E-state index in [1.165, 1.54) is 0 Å². The summed E-state index contributed by atoms with van der Waals surface area (Å²) in [6, 6.07) is 7.52. The number of anilines is 1. The molecule has 2 aromatic rings. The van der Waals surface area contributed by atoms with Gasteiger partial charge in [0.1, 0.15) is 11.7 Å². The van der Waals surface area contributed by atoms with Crippen LogP contribution in [0.25, 0.3) is 0 Å². The van der Waals surface area contributed by atoms with Gasteiger partial charge in [-0.2, -0.15) is 5.10 Å². The fraction of sp³-hybridized carbons (Fsp3) is 0.375. The molecule has 25 heavy (non-hydrogen) atoms. The van der Waals surface area contributed by atoms with Crippen LogP contribution in [0, 0.1) is 10.7 Å². The van der Waals surface area contributed by atoms with Gasteiger partial charge in [0.2, 0.25) is 11.8 Å². The summed E-state index contributed by atoms with van der Waals surface area (Å²) in [7, 11) is 1.82. The first-order valence-electron chi connectivity index (χ1n) is 7.92. The number of benzene rings is 1. The third-order valence-electron chi connectivity index (χ3n) is 4.26. The maximum absolute atomic E-state index is 12.6. The average molecular weight is 424 g/mol. The second kappa shape index (κ2) is 7.49. The Morgan fingerprint density at radius 1 is 1.52 bits per heavy atom. The molecule has 9 heteroatoms. The van der Waals surface area contributed by atoms with Gasteiger partial charge in [-0.25, -0.2) is 0 Å². The number of hydrogen-bond donors (Lipinski definition) is 2. The SMILES string of the molecule is Cn1c(CCNC(=O)C2CCN(c3cccc(Br)c3)C2=O)n[nH]c1=S. The van der Waals surface area contributed by atoms with Crippen LogP contribution in [0.15, 0.2) is 28.7 Å². The standard InChI is InChI=1S/C16H18BrN5O2S/c1-21-13(19-20-16(21)25)5-7-18-14(23)12-6-8-22(15(12)24)11-4-2-3-10(17)9-11/h2-4,9,12H,5-8H2,1H3,(H,18,23)(H,20,25). The van der Waals surface area contributed by atoms with Gasteiger partial charge in [0.05, 0.1) is 0 Å². The normalized spacial score (nSPS) is 17.1. The van der Waals surface area contributed by atoms with Crippen molar-refractivity contribution in [2.75, 3.05) is 18.0 Å². The molecule has 2 amide bonds. The lowest BCUT2D eigenvalue weighted by Crippen LogP contribution is -2.37. The Hall–Kier alpha value is -2.00. The molecule has 2 heterocycles. The number of rotatable bonds is 5. The zero-order valence-electron chi connectivity index (χ0n) is 13.7. The van der Waals surface area contributed by atoms with Crippen molar-refractivity contribution in [2.45, 2.75) is 12.8 Å². The molecule has 1 aliphatic rings. The Balaban J connectivity index is 1.57. The van der Waals surface area contributed by atoms with Gasteiger partial charge in [-0.3, -0.25) is 14.7 Å². The molecule has 3 rings (SSSR count). The molecule has 1 atom stereocenters. The monoisotopic (exact) mass is 423 g/mol. The van der Waals surface area contributed by atoms with Crippen LogP contribution in [0.2, 0.25) is 0 Å². The summed E-state index contributed by atoms with van der Waals surface area (Å²) < 4.78 is 3.20. The van der Waals surface area contributed by atoms with Crippen LogP contribution < -0.4 is 10.2 Å². The van der Waals surface area contributed by atoms with E-state index in [-0.39, 0.29) is 11.8 Å². The van der Waals surface area contributed by atoms with Gasteiger partial charge in [0, 0.05) is 36.7 Å². The number of hydrogen-bond acceptors (Lipinski definition) is 4. The summed E-state index contributed by atoms with van der Waals surface area (Å²) in [5.41, 5.74) is 0.802. The number of carbonyl (C=O) groups excluding carboxylic acids is 2. The van der Waals surface area contributed by atoms with Crippen molar-refractivity contribution in [3.05, 3.63) is 39.3 Å². The van der Waals surface area contributed by atoms with Gasteiger partial charge < -0.3 is 14.8 Å². The van der Waals surface area contributed by atoms with E-state index in [4.69, 9.17) is 12.2 Å². The van der Waals surface area contributed by atoms with Crippen LogP contribution >= 0.6 is 28.1 Å². The lowest BCUT2D eigenvalue weighted by Gasteiger charge is -2.17. The van der Waals surface area contributed by atoms with E-state index in [0.717, 1.165) is 16.0 Å². The summed E-state index contributed by atoms with van der Waals surface area (Å²) >= 11 is 8.45. The number of carbonyl (C=O) groups is 2. The third kappa shape index (κ3) is 3.82. The molecule has 0 aliphatic carbocycles. The molecule has 1 aromatic heterocycles. The van der Waals surface area contributed by atoms with E-state index >= 15 is 0 Å².